The number of rotatable bonds is 4. The zero-order valence-electron chi connectivity index (χ0n) is 13.1. The first-order valence-electron chi connectivity index (χ1n) is 7.55. The minimum Gasteiger partial charge on any atom is -0.351 e. The zero-order chi connectivity index (χ0) is 16.4. The number of imide groups is 1. The molecule has 1 fully saturated rings. The monoisotopic (exact) mass is 326 g/mol. The average Bonchev–Trinajstić information content (AvgIpc) is 2.85. The van der Waals surface area contributed by atoms with E-state index in [9.17, 15) is 9.59 Å². The summed E-state index contributed by atoms with van der Waals surface area (Å²) in [6, 6.07) is 17.2. The molecule has 5 heteroatoms. The van der Waals surface area contributed by atoms with E-state index in [4.69, 9.17) is 0 Å². The van der Waals surface area contributed by atoms with Crippen LogP contribution in [-0.2, 0) is 4.79 Å². The number of likely N-dealkylation sites (N-methyl/N-ethyl adjacent to an activating group) is 1. The van der Waals surface area contributed by atoms with Gasteiger partial charge in [0.05, 0.1) is 5.69 Å². The van der Waals surface area contributed by atoms with Crippen molar-refractivity contribution in [3.8, 4) is 0 Å². The van der Waals surface area contributed by atoms with E-state index in [-0.39, 0.29) is 11.1 Å². The summed E-state index contributed by atoms with van der Waals surface area (Å²) in [6.45, 7) is 4.55. The standard InChI is InChI=1S/C18H18N2O2S/c1-3-19(14-10-5-4-6-11-14)17-16(21)20(18(22)23-17)15-12-8-7-9-13(15)2/h4-12,17H,3H2,1-2H3. The molecule has 1 atom stereocenters. The Morgan fingerprint density at radius 1 is 1.04 bits per heavy atom. The van der Waals surface area contributed by atoms with Gasteiger partial charge in [0.2, 0.25) is 0 Å². The lowest BCUT2D eigenvalue weighted by Crippen LogP contribution is -2.41. The topological polar surface area (TPSA) is 40.6 Å². The summed E-state index contributed by atoms with van der Waals surface area (Å²) >= 11 is 1.08. The zero-order valence-corrected chi connectivity index (χ0v) is 13.9. The maximum atomic E-state index is 12.9. The molecular formula is C18H18N2O2S. The minimum atomic E-state index is -0.519. The van der Waals surface area contributed by atoms with Crippen LogP contribution < -0.4 is 9.80 Å². The molecule has 3 rings (SSSR count). The van der Waals surface area contributed by atoms with Crippen molar-refractivity contribution in [2.45, 2.75) is 19.2 Å². The number of hydrogen-bond acceptors (Lipinski definition) is 4. The fourth-order valence-electron chi connectivity index (χ4n) is 2.73. The number of amides is 2. The van der Waals surface area contributed by atoms with Crippen LogP contribution in [-0.4, -0.2) is 23.1 Å². The number of aryl methyl sites for hydroxylation is 1. The molecule has 0 bridgehead atoms. The van der Waals surface area contributed by atoms with Gasteiger partial charge in [-0.15, -0.1) is 0 Å². The van der Waals surface area contributed by atoms with E-state index in [0.29, 0.717) is 12.2 Å². The molecule has 0 N–H and O–H groups in total. The summed E-state index contributed by atoms with van der Waals surface area (Å²) in [6.07, 6.45) is 0. The highest BCUT2D eigenvalue weighted by Crippen LogP contribution is 2.36. The highest BCUT2D eigenvalue weighted by Gasteiger charge is 2.44. The molecule has 0 aromatic heterocycles. The summed E-state index contributed by atoms with van der Waals surface area (Å²) in [5, 5.41) is -0.738. The van der Waals surface area contributed by atoms with Crippen molar-refractivity contribution < 1.29 is 9.59 Å². The molecule has 1 unspecified atom stereocenters. The molecule has 2 aromatic rings. The average molecular weight is 326 g/mol. The minimum absolute atomic E-state index is 0.181. The van der Waals surface area contributed by atoms with Gasteiger partial charge in [-0.05, 0) is 49.4 Å². The Morgan fingerprint density at radius 2 is 1.70 bits per heavy atom. The SMILES string of the molecule is CCN(c1ccccc1)C1SC(=O)N(c2ccccc2C)C1=O. The van der Waals surface area contributed by atoms with Gasteiger partial charge < -0.3 is 4.90 Å². The molecule has 0 saturated carbocycles. The third-order valence-electron chi connectivity index (χ3n) is 3.89. The third-order valence-corrected chi connectivity index (χ3v) is 4.96. The van der Waals surface area contributed by atoms with E-state index in [0.717, 1.165) is 23.0 Å². The molecule has 23 heavy (non-hydrogen) atoms. The number of carbonyl (C=O) groups is 2. The quantitative estimate of drug-likeness (QED) is 0.850. The number of hydrogen-bond donors (Lipinski definition) is 0. The van der Waals surface area contributed by atoms with E-state index in [1.165, 1.54) is 4.90 Å². The van der Waals surface area contributed by atoms with E-state index in [2.05, 4.69) is 0 Å². The number of thioether (sulfide) groups is 1. The molecule has 1 aliphatic rings. The van der Waals surface area contributed by atoms with E-state index in [1.807, 2.05) is 73.3 Å². The van der Waals surface area contributed by atoms with Crippen LogP contribution in [0.4, 0.5) is 16.2 Å². The van der Waals surface area contributed by atoms with Crippen molar-refractivity contribution >= 4 is 34.3 Å². The summed E-state index contributed by atoms with van der Waals surface area (Å²) in [7, 11) is 0. The molecule has 4 nitrogen and oxygen atoms in total. The highest BCUT2D eigenvalue weighted by atomic mass is 32.2. The van der Waals surface area contributed by atoms with Crippen molar-refractivity contribution in [3.05, 3.63) is 60.2 Å². The lowest BCUT2D eigenvalue weighted by atomic mass is 10.2. The van der Waals surface area contributed by atoms with Gasteiger partial charge in [-0.1, -0.05) is 36.4 Å². The van der Waals surface area contributed by atoms with Gasteiger partial charge in [0, 0.05) is 12.2 Å². The third kappa shape index (κ3) is 2.84. The Morgan fingerprint density at radius 3 is 2.35 bits per heavy atom. The Labute approximate surface area is 140 Å². The number of nitrogens with zero attached hydrogens (tertiary/aromatic N) is 2. The number of anilines is 2. The van der Waals surface area contributed by atoms with E-state index < -0.39 is 5.37 Å². The van der Waals surface area contributed by atoms with Crippen LogP contribution in [0.15, 0.2) is 54.6 Å². The summed E-state index contributed by atoms with van der Waals surface area (Å²) in [5.41, 5.74) is 2.53. The maximum absolute atomic E-state index is 12.9. The van der Waals surface area contributed by atoms with Gasteiger partial charge >= 0.3 is 0 Å². The van der Waals surface area contributed by atoms with Gasteiger partial charge in [-0.25, -0.2) is 4.90 Å². The molecule has 2 amide bonds. The Balaban J connectivity index is 1.93. The molecular weight excluding hydrogens is 308 g/mol. The van der Waals surface area contributed by atoms with Crippen molar-refractivity contribution in [2.75, 3.05) is 16.3 Å². The summed E-state index contributed by atoms with van der Waals surface area (Å²) < 4.78 is 0. The lowest BCUT2D eigenvalue weighted by Gasteiger charge is -2.27. The highest BCUT2D eigenvalue weighted by molar-refractivity contribution is 8.16. The van der Waals surface area contributed by atoms with Crippen molar-refractivity contribution in [1.29, 1.82) is 0 Å². The Hall–Kier alpha value is -2.27. The first-order valence-corrected chi connectivity index (χ1v) is 8.43. The normalized spacial score (nSPS) is 17.7. The summed E-state index contributed by atoms with van der Waals surface area (Å²) in [5.74, 6) is -0.181. The predicted molar refractivity (Wildman–Crippen MR) is 94.9 cm³/mol. The van der Waals surface area contributed by atoms with Crippen LogP contribution in [0.25, 0.3) is 0 Å². The fraction of sp³-hybridized carbons (Fsp3) is 0.222. The van der Waals surface area contributed by atoms with Crippen LogP contribution in [0, 0.1) is 6.92 Å². The second kappa shape index (κ2) is 6.46. The number of carbonyl (C=O) groups excluding carboxylic acids is 2. The van der Waals surface area contributed by atoms with Crippen molar-refractivity contribution in [1.82, 2.24) is 0 Å². The first kappa shape index (κ1) is 15.6. The molecule has 0 aliphatic carbocycles. The molecule has 118 valence electrons. The Bertz CT molecular complexity index is 733. The van der Waals surface area contributed by atoms with Gasteiger partial charge in [-0.2, -0.15) is 0 Å². The van der Waals surface area contributed by atoms with Crippen LogP contribution >= 0.6 is 11.8 Å². The van der Waals surface area contributed by atoms with Crippen molar-refractivity contribution in [2.24, 2.45) is 0 Å². The van der Waals surface area contributed by atoms with Gasteiger partial charge in [0.1, 0.15) is 0 Å². The van der Waals surface area contributed by atoms with Crippen LogP contribution in [0.5, 0.6) is 0 Å². The first-order chi connectivity index (χ1) is 11.1. The smallest absolute Gasteiger partial charge is 0.295 e. The molecule has 0 radical (unpaired) electrons. The second-order valence-corrected chi connectivity index (χ2v) is 6.35. The number of benzene rings is 2. The van der Waals surface area contributed by atoms with E-state index >= 15 is 0 Å². The largest absolute Gasteiger partial charge is 0.351 e. The van der Waals surface area contributed by atoms with Crippen LogP contribution in [0.1, 0.15) is 12.5 Å². The number of para-hydroxylation sites is 2. The maximum Gasteiger partial charge on any atom is 0.295 e. The fourth-order valence-corrected chi connectivity index (χ4v) is 3.82. The van der Waals surface area contributed by atoms with E-state index in [1.54, 1.807) is 0 Å². The van der Waals surface area contributed by atoms with Crippen molar-refractivity contribution in [3.63, 3.8) is 0 Å². The second-order valence-electron chi connectivity index (χ2n) is 5.32. The van der Waals surface area contributed by atoms with Gasteiger partial charge in [0.15, 0.2) is 5.37 Å². The molecule has 2 aromatic carbocycles. The van der Waals surface area contributed by atoms with Crippen LogP contribution in [0.3, 0.4) is 0 Å². The van der Waals surface area contributed by atoms with Crippen LogP contribution in [0.2, 0.25) is 0 Å². The molecule has 0 spiro atoms. The van der Waals surface area contributed by atoms with Gasteiger partial charge in [-0.3, -0.25) is 9.59 Å². The molecule has 1 heterocycles. The molecule has 1 aliphatic heterocycles. The molecule has 1 saturated heterocycles. The predicted octanol–water partition coefficient (Wildman–Crippen LogP) is 4.05. The lowest BCUT2D eigenvalue weighted by molar-refractivity contribution is -0.117. The Kier molecular flexibility index (Phi) is 4.39. The van der Waals surface area contributed by atoms with Gasteiger partial charge in [0.25, 0.3) is 11.1 Å². The summed E-state index contributed by atoms with van der Waals surface area (Å²) in [4.78, 5) is 28.6.